The van der Waals surface area contributed by atoms with E-state index in [2.05, 4.69) is 25.2 Å². The van der Waals surface area contributed by atoms with E-state index in [-0.39, 0.29) is 4.90 Å². The van der Waals surface area contributed by atoms with Crippen LogP contribution in [0.5, 0.6) is 0 Å². The summed E-state index contributed by atoms with van der Waals surface area (Å²) in [6.07, 6.45) is 0. The minimum Gasteiger partial charge on any atom is -0.270 e. The molecule has 0 radical (unpaired) electrons. The fraction of sp³-hybridized carbons (Fsp3) is 0.333. The van der Waals surface area contributed by atoms with E-state index >= 15 is 0 Å². The molecule has 0 bridgehead atoms. The van der Waals surface area contributed by atoms with E-state index in [4.69, 9.17) is 0 Å². The van der Waals surface area contributed by atoms with Gasteiger partial charge in [-0.1, -0.05) is 0 Å². The summed E-state index contributed by atoms with van der Waals surface area (Å²) in [6, 6.07) is 1.82. The first-order valence-electron chi connectivity index (χ1n) is 5.22. The molecule has 0 aliphatic carbocycles. The molecule has 0 atom stereocenters. The molecule has 1 aromatic carbocycles. The third-order valence-electron chi connectivity index (χ3n) is 2.48. The van der Waals surface area contributed by atoms with E-state index in [1.54, 1.807) is 0 Å². The fourth-order valence-electron chi connectivity index (χ4n) is 1.47. The number of hydrogen-bond acceptors (Lipinski definition) is 10. The summed E-state index contributed by atoms with van der Waals surface area (Å²) in [5, 5.41) is 0. The van der Waals surface area contributed by atoms with Gasteiger partial charge in [-0.15, -0.1) is 12.6 Å². The van der Waals surface area contributed by atoms with Gasteiger partial charge in [-0.2, -0.15) is 25.3 Å². The first-order chi connectivity index (χ1) is 9.94. The third kappa shape index (κ3) is 3.45. The molecule has 9 nitrogen and oxygen atoms in total. The molecule has 0 fully saturated rings. The second kappa shape index (κ2) is 6.43. The molecule has 0 aliphatic heterocycles. The minimum absolute atomic E-state index is 0.340. The maximum absolute atomic E-state index is 12.0. The van der Waals surface area contributed by atoms with Crippen LogP contribution in [0.1, 0.15) is 0 Å². The Hall–Kier alpha value is -0.700. The summed E-state index contributed by atoms with van der Waals surface area (Å²) in [7, 11) is -11.6. The molecule has 22 heavy (non-hydrogen) atoms. The predicted molar refractivity (Wildman–Crippen MR) is 76.3 cm³/mol. The Balaban J connectivity index is 4.16. The average Bonchev–Trinajstić information content (AvgIpc) is 2.46. The van der Waals surface area contributed by atoms with Gasteiger partial charge in [0.1, 0.15) is 14.7 Å². The fourth-order valence-corrected chi connectivity index (χ4v) is 5.74. The van der Waals surface area contributed by atoms with Crippen LogP contribution in [0.25, 0.3) is 0 Å². The van der Waals surface area contributed by atoms with Crippen molar-refractivity contribution in [2.45, 2.75) is 19.6 Å². The van der Waals surface area contributed by atoms with E-state index in [0.717, 1.165) is 33.5 Å². The Morgan fingerprint density at radius 3 is 1.55 bits per heavy atom. The second-order valence-corrected chi connectivity index (χ2v) is 9.07. The van der Waals surface area contributed by atoms with Crippen LogP contribution in [0.4, 0.5) is 0 Å². The summed E-state index contributed by atoms with van der Waals surface area (Å²) >= 11 is 3.84. The zero-order valence-electron chi connectivity index (χ0n) is 11.5. The van der Waals surface area contributed by atoms with Crippen LogP contribution in [-0.2, 0) is 42.9 Å². The maximum atomic E-state index is 12.0. The quantitative estimate of drug-likeness (QED) is 0.524. The highest BCUT2D eigenvalue weighted by Gasteiger charge is 2.36. The molecule has 0 spiro atoms. The molecule has 0 saturated heterocycles. The topological polar surface area (TPSA) is 130 Å². The van der Waals surface area contributed by atoms with Crippen LogP contribution >= 0.6 is 12.6 Å². The van der Waals surface area contributed by atoms with Gasteiger partial charge in [0.05, 0.1) is 21.3 Å². The van der Waals surface area contributed by atoms with Crippen molar-refractivity contribution in [1.29, 1.82) is 0 Å². The molecule has 0 N–H and O–H groups in total. The summed E-state index contributed by atoms with van der Waals surface area (Å²) in [5.74, 6) is 0. The lowest BCUT2D eigenvalue weighted by molar-refractivity contribution is 0.376. The molecule has 0 unspecified atom stereocenters. The Labute approximate surface area is 134 Å². The molecule has 126 valence electrons. The average molecular weight is 392 g/mol. The normalized spacial score (nSPS) is 13.3. The van der Waals surface area contributed by atoms with E-state index in [1.165, 1.54) is 0 Å². The van der Waals surface area contributed by atoms with Gasteiger partial charge in [0.2, 0.25) is 0 Å². The Morgan fingerprint density at radius 1 is 0.727 bits per heavy atom. The van der Waals surface area contributed by atoms with Gasteiger partial charge >= 0.3 is 0 Å². The van der Waals surface area contributed by atoms with Crippen LogP contribution in [0.3, 0.4) is 0 Å². The summed E-state index contributed by atoms with van der Waals surface area (Å²) < 4.78 is 84.4. The van der Waals surface area contributed by atoms with Crippen molar-refractivity contribution in [3.8, 4) is 0 Å². The number of benzene rings is 1. The highest BCUT2D eigenvalue weighted by molar-refractivity contribution is 7.92. The van der Waals surface area contributed by atoms with Crippen molar-refractivity contribution in [2.75, 3.05) is 21.3 Å². The molecule has 0 aromatic heterocycles. The minimum atomic E-state index is -4.74. The predicted octanol–water partition coefficient (Wildman–Crippen LogP) is -0.0194. The first-order valence-corrected chi connectivity index (χ1v) is 9.89. The summed E-state index contributed by atoms with van der Waals surface area (Å²) in [4.78, 5) is -3.35. The lowest BCUT2D eigenvalue weighted by Crippen LogP contribution is -2.18. The zero-order chi connectivity index (χ0) is 17.3. The van der Waals surface area contributed by atoms with Crippen molar-refractivity contribution in [3.05, 3.63) is 12.1 Å². The molecule has 1 aromatic rings. The van der Waals surface area contributed by atoms with E-state index in [9.17, 15) is 25.3 Å². The third-order valence-corrected chi connectivity index (χ3v) is 7.31. The smallest absolute Gasteiger partial charge is 0.270 e. The summed E-state index contributed by atoms with van der Waals surface area (Å²) in [5.41, 5.74) is 0. The van der Waals surface area contributed by atoms with Crippen molar-refractivity contribution < 1.29 is 37.8 Å². The molecule has 0 aliphatic rings. The van der Waals surface area contributed by atoms with Gasteiger partial charge in [-0.05, 0) is 12.1 Å². The molecular formula is C9H12O9S4. The number of rotatable bonds is 6. The lowest BCUT2D eigenvalue weighted by Gasteiger charge is -2.14. The Morgan fingerprint density at radius 2 is 1.14 bits per heavy atom. The van der Waals surface area contributed by atoms with Gasteiger partial charge in [0.15, 0.2) is 0 Å². The van der Waals surface area contributed by atoms with Crippen LogP contribution < -0.4 is 0 Å². The monoisotopic (exact) mass is 392 g/mol. The van der Waals surface area contributed by atoms with Crippen molar-refractivity contribution >= 4 is 43.0 Å². The van der Waals surface area contributed by atoms with Crippen molar-refractivity contribution in [1.82, 2.24) is 0 Å². The number of hydrogen-bond donors (Lipinski definition) is 1. The number of thiol groups is 1. The highest BCUT2D eigenvalue weighted by atomic mass is 32.2. The Kier molecular flexibility index (Phi) is 5.65. The molecule has 0 amide bonds. The van der Waals surface area contributed by atoms with Gasteiger partial charge in [-0.25, -0.2) is 0 Å². The van der Waals surface area contributed by atoms with Crippen LogP contribution in [0.15, 0.2) is 31.7 Å². The highest BCUT2D eigenvalue weighted by Crippen LogP contribution is 2.35. The van der Waals surface area contributed by atoms with Crippen LogP contribution in [0.2, 0.25) is 0 Å². The molecule has 1 rings (SSSR count). The second-order valence-electron chi connectivity index (χ2n) is 3.60. The molecule has 0 heterocycles. The molecule has 13 heteroatoms. The standard InChI is InChI=1S/C9H12O9S4/c1-16-20(10,11)7-5-4-6(19)8(21(12,13)17-2)9(7)22(14,15)18-3/h4-5,19H,1-3H3. The maximum Gasteiger partial charge on any atom is 0.299 e. The first kappa shape index (κ1) is 19.3. The van der Waals surface area contributed by atoms with E-state index < -0.39 is 45.0 Å². The molecular weight excluding hydrogens is 380 g/mol. The van der Waals surface area contributed by atoms with E-state index in [1.807, 2.05) is 0 Å². The van der Waals surface area contributed by atoms with Crippen molar-refractivity contribution in [3.63, 3.8) is 0 Å². The van der Waals surface area contributed by atoms with Gasteiger partial charge in [0.25, 0.3) is 30.4 Å². The lowest BCUT2D eigenvalue weighted by atomic mass is 10.3. The van der Waals surface area contributed by atoms with Crippen LogP contribution in [0, 0.1) is 0 Å². The van der Waals surface area contributed by atoms with Crippen LogP contribution in [-0.4, -0.2) is 46.6 Å². The molecule has 0 saturated carbocycles. The van der Waals surface area contributed by atoms with Crippen molar-refractivity contribution in [2.24, 2.45) is 0 Å². The summed E-state index contributed by atoms with van der Waals surface area (Å²) in [6.45, 7) is 0. The Bertz CT molecular complexity index is 881. The van der Waals surface area contributed by atoms with E-state index in [0.29, 0.717) is 0 Å². The largest absolute Gasteiger partial charge is 0.299 e. The van der Waals surface area contributed by atoms with Gasteiger partial charge in [0, 0.05) is 4.90 Å². The zero-order valence-corrected chi connectivity index (χ0v) is 14.8. The van der Waals surface area contributed by atoms with Gasteiger partial charge < -0.3 is 0 Å². The van der Waals surface area contributed by atoms with Gasteiger partial charge in [-0.3, -0.25) is 12.5 Å². The SMILES string of the molecule is COS(=O)(=O)c1ccc(S)c(S(=O)(=O)OC)c1S(=O)(=O)OC.